The van der Waals surface area contributed by atoms with Crippen molar-refractivity contribution in [2.75, 3.05) is 19.8 Å². The fourth-order valence-electron chi connectivity index (χ4n) is 2.83. The zero-order valence-electron chi connectivity index (χ0n) is 18.1. The smallest absolute Gasteiger partial charge is 1.00 e. The van der Waals surface area contributed by atoms with Gasteiger partial charge in [-0.2, -0.15) is 0 Å². The van der Waals surface area contributed by atoms with Gasteiger partial charge in [0, 0.05) is 17.7 Å². The number of carbonyl (C=O) groups excluding carboxylic acids is 1. The molecule has 0 fully saturated rings. The third kappa shape index (κ3) is 6.01. The molecule has 0 aliphatic heterocycles. The molecule has 1 atom stereocenters. The molecular weight excluding hydrogens is 354 g/mol. The zero-order chi connectivity index (χ0) is 19.1. The van der Waals surface area contributed by atoms with Crippen molar-refractivity contribution in [1.82, 2.24) is 0 Å². The van der Waals surface area contributed by atoms with Gasteiger partial charge in [0.1, 0.15) is 17.2 Å². The summed E-state index contributed by atoms with van der Waals surface area (Å²) in [5, 5.41) is 0.796. The van der Waals surface area contributed by atoms with Crippen LogP contribution in [0.3, 0.4) is 0 Å². The van der Waals surface area contributed by atoms with Crippen LogP contribution in [-0.2, 0) is 0 Å². The van der Waals surface area contributed by atoms with Crippen molar-refractivity contribution in [3.63, 3.8) is 0 Å². The van der Waals surface area contributed by atoms with Crippen molar-refractivity contribution in [3.8, 4) is 17.2 Å². The van der Waals surface area contributed by atoms with Crippen LogP contribution in [0.4, 0.5) is 0 Å². The van der Waals surface area contributed by atoms with E-state index in [0.29, 0.717) is 37.1 Å². The van der Waals surface area contributed by atoms with Crippen LogP contribution in [0.15, 0.2) is 30.3 Å². The SMILES string of the molecule is CCOc1cc(OCC)c(PC(=O)c2c(C)cccc2C)c(OCC)c1.[H-].[Li+]. The number of aryl methyl sites for hydroxylation is 2. The Kier molecular flexibility index (Phi) is 9.95. The van der Waals surface area contributed by atoms with E-state index in [0.717, 1.165) is 22.0 Å². The molecule has 142 valence electrons. The Morgan fingerprint density at radius 1 is 0.926 bits per heavy atom. The summed E-state index contributed by atoms with van der Waals surface area (Å²) in [7, 11) is -0.0802. The second kappa shape index (κ2) is 11.4. The van der Waals surface area contributed by atoms with Gasteiger partial charge in [0.15, 0.2) is 5.52 Å². The van der Waals surface area contributed by atoms with Crippen LogP contribution in [0.5, 0.6) is 17.2 Å². The Morgan fingerprint density at radius 2 is 1.41 bits per heavy atom. The molecule has 0 aliphatic rings. The Hall–Kier alpha value is -1.46. The average molecular weight is 382 g/mol. The van der Waals surface area contributed by atoms with E-state index in [2.05, 4.69) is 0 Å². The second-order valence-electron chi connectivity index (χ2n) is 5.81. The van der Waals surface area contributed by atoms with E-state index >= 15 is 0 Å². The molecule has 1 unspecified atom stereocenters. The van der Waals surface area contributed by atoms with E-state index in [1.807, 2.05) is 65.0 Å². The van der Waals surface area contributed by atoms with Gasteiger partial charge in [0.25, 0.3) is 0 Å². The van der Waals surface area contributed by atoms with Gasteiger partial charge in [-0.3, -0.25) is 4.79 Å². The predicted molar refractivity (Wildman–Crippen MR) is 109 cm³/mol. The number of carbonyl (C=O) groups is 1. The van der Waals surface area contributed by atoms with Crippen molar-refractivity contribution < 1.29 is 39.3 Å². The van der Waals surface area contributed by atoms with E-state index in [4.69, 9.17) is 14.2 Å². The molecule has 0 spiro atoms. The first-order valence-corrected chi connectivity index (χ1v) is 9.95. The van der Waals surface area contributed by atoms with E-state index in [1.165, 1.54) is 0 Å². The van der Waals surface area contributed by atoms with Crippen LogP contribution in [0.25, 0.3) is 0 Å². The summed E-state index contributed by atoms with van der Waals surface area (Å²) in [6.45, 7) is 11.3. The second-order valence-corrected chi connectivity index (χ2v) is 7.02. The molecule has 0 amide bonds. The number of rotatable bonds is 9. The molecule has 0 bridgehead atoms. The molecule has 2 aromatic carbocycles. The van der Waals surface area contributed by atoms with Crippen molar-refractivity contribution >= 4 is 19.4 Å². The molecular formula is C21H28LiO4P. The topological polar surface area (TPSA) is 44.8 Å². The summed E-state index contributed by atoms with van der Waals surface area (Å²) < 4.78 is 17.2. The van der Waals surface area contributed by atoms with Crippen molar-refractivity contribution in [2.45, 2.75) is 34.6 Å². The first kappa shape index (κ1) is 23.6. The predicted octanol–water partition coefficient (Wildman–Crippen LogP) is 1.76. The largest absolute Gasteiger partial charge is 1.00 e. The number of hydrogen-bond acceptors (Lipinski definition) is 4. The molecule has 0 radical (unpaired) electrons. The average Bonchev–Trinajstić information content (AvgIpc) is 2.58. The molecule has 0 heterocycles. The van der Waals surface area contributed by atoms with E-state index < -0.39 is 0 Å². The Balaban J connectivity index is 0.00000364. The molecule has 2 aromatic rings. The van der Waals surface area contributed by atoms with Gasteiger partial charge < -0.3 is 15.6 Å². The van der Waals surface area contributed by atoms with Crippen LogP contribution in [-0.4, -0.2) is 25.3 Å². The van der Waals surface area contributed by atoms with Crippen LogP contribution in [0, 0.1) is 13.8 Å². The molecule has 6 heteroatoms. The summed E-state index contributed by atoms with van der Waals surface area (Å²) in [5.41, 5.74) is 2.85. The van der Waals surface area contributed by atoms with Crippen molar-refractivity contribution in [3.05, 3.63) is 47.0 Å². The minimum absolute atomic E-state index is 0. The van der Waals surface area contributed by atoms with Gasteiger partial charge >= 0.3 is 18.9 Å². The molecule has 2 rings (SSSR count). The molecule has 27 heavy (non-hydrogen) atoms. The molecule has 0 aliphatic carbocycles. The number of ether oxygens (including phenoxy) is 3. The summed E-state index contributed by atoms with van der Waals surface area (Å²) in [5.74, 6) is 1.99. The van der Waals surface area contributed by atoms with E-state index in [1.54, 1.807) is 0 Å². The van der Waals surface area contributed by atoms with Gasteiger partial charge in [0.2, 0.25) is 0 Å². The molecule has 0 aromatic heterocycles. The maximum atomic E-state index is 13.0. The van der Waals surface area contributed by atoms with Crippen LogP contribution >= 0.6 is 8.58 Å². The standard InChI is InChI=1S/C21H27O4P.Li.H/c1-6-23-16-12-17(24-7-2)20(18(13-16)25-8-3)26-21(22)19-14(4)10-9-11-15(19)5;;/h9-13,26H,6-8H2,1-5H3;;/q;+1;-1. The Bertz CT molecular complexity index is 736. The molecule has 0 N–H and O–H groups in total. The summed E-state index contributed by atoms with van der Waals surface area (Å²) in [6, 6.07) is 9.59. The van der Waals surface area contributed by atoms with Crippen LogP contribution < -0.4 is 38.4 Å². The third-order valence-corrected chi connectivity index (χ3v) is 5.12. The maximum Gasteiger partial charge on any atom is 1.00 e. The quantitative estimate of drug-likeness (QED) is 0.490. The van der Waals surface area contributed by atoms with Gasteiger partial charge in [0.05, 0.1) is 25.1 Å². The third-order valence-electron chi connectivity index (χ3n) is 3.90. The van der Waals surface area contributed by atoms with E-state index in [-0.39, 0.29) is 34.4 Å². The Labute approximate surface area is 177 Å². The fourth-order valence-corrected chi connectivity index (χ4v) is 4.11. The molecule has 4 nitrogen and oxygen atoms in total. The van der Waals surface area contributed by atoms with E-state index in [9.17, 15) is 4.79 Å². The molecule has 0 saturated carbocycles. The fraction of sp³-hybridized carbons (Fsp3) is 0.381. The first-order valence-electron chi connectivity index (χ1n) is 8.95. The zero-order valence-corrected chi connectivity index (χ0v) is 18.1. The van der Waals surface area contributed by atoms with Gasteiger partial charge in [-0.25, -0.2) is 0 Å². The normalized spacial score (nSPS) is 10.6. The Morgan fingerprint density at radius 3 is 1.85 bits per heavy atom. The number of benzene rings is 2. The van der Waals surface area contributed by atoms with Gasteiger partial charge in [-0.05, 0) is 54.3 Å². The van der Waals surface area contributed by atoms with Gasteiger partial charge in [-0.15, -0.1) is 0 Å². The van der Waals surface area contributed by atoms with Crippen molar-refractivity contribution in [2.24, 2.45) is 0 Å². The number of hydrogen-bond donors (Lipinski definition) is 0. The molecule has 0 saturated heterocycles. The van der Waals surface area contributed by atoms with Crippen LogP contribution in [0.1, 0.15) is 43.7 Å². The summed E-state index contributed by atoms with van der Waals surface area (Å²) >= 11 is 0. The summed E-state index contributed by atoms with van der Waals surface area (Å²) in [4.78, 5) is 13.0. The minimum atomic E-state index is -0.0802. The van der Waals surface area contributed by atoms with Crippen LogP contribution in [0.2, 0.25) is 0 Å². The summed E-state index contributed by atoms with van der Waals surface area (Å²) in [6.07, 6.45) is 0. The monoisotopic (exact) mass is 382 g/mol. The van der Waals surface area contributed by atoms with Gasteiger partial charge in [-0.1, -0.05) is 18.2 Å². The maximum absolute atomic E-state index is 13.0. The minimum Gasteiger partial charge on any atom is -1.00 e. The first-order chi connectivity index (χ1) is 12.5. The van der Waals surface area contributed by atoms with Crippen molar-refractivity contribution in [1.29, 1.82) is 0 Å².